The van der Waals surface area contributed by atoms with Crippen molar-refractivity contribution in [1.29, 1.82) is 0 Å². The highest BCUT2D eigenvalue weighted by Crippen LogP contribution is 2.28. The summed E-state index contributed by atoms with van der Waals surface area (Å²) in [5.41, 5.74) is 0.237. The van der Waals surface area contributed by atoms with Gasteiger partial charge in [-0.2, -0.15) is 0 Å². The average Bonchev–Trinajstić information content (AvgIpc) is 3.02. The third kappa shape index (κ3) is 2.46. The van der Waals surface area contributed by atoms with Gasteiger partial charge in [0.05, 0.1) is 0 Å². The van der Waals surface area contributed by atoms with Crippen molar-refractivity contribution in [3.8, 4) is 0 Å². The van der Waals surface area contributed by atoms with E-state index in [0.29, 0.717) is 12.2 Å². The van der Waals surface area contributed by atoms with Gasteiger partial charge >= 0.3 is 5.97 Å². The second-order valence-corrected chi connectivity index (χ2v) is 4.04. The SMILES string of the molecule is CCc1ocnc1C(=O)N(CC(=O)O)C1CC1. The van der Waals surface area contributed by atoms with Crippen LogP contribution >= 0.6 is 0 Å². The lowest BCUT2D eigenvalue weighted by molar-refractivity contribution is -0.137. The highest BCUT2D eigenvalue weighted by atomic mass is 16.4. The third-order valence-corrected chi connectivity index (χ3v) is 2.72. The van der Waals surface area contributed by atoms with Crippen molar-refractivity contribution < 1.29 is 19.1 Å². The summed E-state index contributed by atoms with van der Waals surface area (Å²) in [6, 6.07) is 0.0417. The van der Waals surface area contributed by atoms with Gasteiger partial charge in [0, 0.05) is 12.5 Å². The fourth-order valence-corrected chi connectivity index (χ4v) is 1.73. The zero-order valence-corrected chi connectivity index (χ0v) is 9.55. The molecule has 1 saturated carbocycles. The van der Waals surface area contributed by atoms with Gasteiger partial charge in [-0.1, -0.05) is 6.92 Å². The Kier molecular flexibility index (Phi) is 3.12. The first-order chi connectivity index (χ1) is 8.13. The van der Waals surface area contributed by atoms with Crippen LogP contribution in [0, 0.1) is 0 Å². The van der Waals surface area contributed by atoms with Crippen molar-refractivity contribution in [2.75, 3.05) is 6.54 Å². The number of carbonyl (C=O) groups excluding carboxylic acids is 1. The van der Waals surface area contributed by atoms with Crippen molar-refractivity contribution in [3.63, 3.8) is 0 Å². The third-order valence-electron chi connectivity index (χ3n) is 2.72. The molecule has 1 heterocycles. The van der Waals surface area contributed by atoms with Gasteiger partial charge in [0.25, 0.3) is 5.91 Å². The summed E-state index contributed by atoms with van der Waals surface area (Å²) in [6.07, 6.45) is 3.50. The molecular weight excluding hydrogens is 224 g/mol. The first-order valence-electron chi connectivity index (χ1n) is 5.58. The lowest BCUT2D eigenvalue weighted by Gasteiger charge is -2.19. The number of aryl methyl sites for hydroxylation is 1. The first kappa shape index (κ1) is 11.6. The predicted molar refractivity (Wildman–Crippen MR) is 57.6 cm³/mol. The number of amides is 1. The molecule has 1 aliphatic carbocycles. The quantitative estimate of drug-likeness (QED) is 0.824. The van der Waals surface area contributed by atoms with Crippen LogP contribution in [0.5, 0.6) is 0 Å². The van der Waals surface area contributed by atoms with Crippen LogP contribution in [-0.4, -0.2) is 39.5 Å². The highest BCUT2D eigenvalue weighted by Gasteiger charge is 2.36. The summed E-state index contributed by atoms with van der Waals surface area (Å²) in [7, 11) is 0. The number of oxazole rings is 1. The number of carboxylic acids is 1. The molecule has 92 valence electrons. The summed E-state index contributed by atoms with van der Waals surface area (Å²) in [6.45, 7) is 1.58. The zero-order chi connectivity index (χ0) is 12.4. The van der Waals surface area contributed by atoms with Gasteiger partial charge in [-0.15, -0.1) is 0 Å². The molecule has 1 fully saturated rings. The van der Waals surface area contributed by atoms with E-state index >= 15 is 0 Å². The molecule has 0 radical (unpaired) electrons. The van der Waals surface area contributed by atoms with Crippen LogP contribution in [0.1, 0.15) is 36.0 Å². The molecule has 1 aromatic rings. The molecule has 6 nitrogen and oxygen atoms in total. The van der Waals surface area contributed by atoms with E-state index in [1.807, 2.05) is 6.92 Å². The fourth-order valence-electron chi connectivity index (χ4n) is 1.73. The maximum atomic E-state index is 12.1. The van der Waals surface area contributed by atoms with E-state index in [2.05, 4.69) is 4.98 Å². The number of aromatic nitrogens is 1. The Labute approximate surface area is 98.2 Å². The number of aliphatic carboxylic acids is 1. The minimum absolute atomic E-state index is 0.0417. The molecule has 0 aromatic carbocycles. The van der Waals surface area contributed by atoms with Crippen LogP contribution in [0.25, 0.3) is 0 Å². The molecule has 1 aromatic heterocycles. The lowest BCUT2D eigenvalue weighted by Crippen LogP contribution is -2.38. The molecule has 6 heteroatoms. The maximum absolute atomic E-state index is 12.1. The smallest absolute Gasteiger partial charge is 0.323 e. The monoisotopic (exact) mass is 238 g/mol. The molecule has 0 unspecified atom stereocenters. The highest BCUT2D eigenvalue weighted by molar-refractivity contribution is 5.95. The molecule has 0 aliphatic heterocycles. The molecule has 1 aliphatic rings. The normalized spacial score (nSPS) is 14.6. The Morgan fingerprint density at radius 1 is 1.59 bits per heavy atom. The van der Waals surface area contributed by atoms with Gasteiger partial charge in [0.2, 0.25) is 0 Å². The van der Waals surface area contributed by atoms with Crippen LogP contribution in [0.3, 0.4) is 0 Å². The van der Waals surface area contributed by atoms with E-state index in [0.717, 1.165) is 12.8 Å². The van der Waals surface area contributed by atoms with Gasteiger partial charge in [-0.3, -0.25) is 9.59 Å². The van der Waals surface area contributed by atoms with Crippen molar-refractivity contribution in [3.05, 3.63) is 17.8 Å². The van der Waals surface area contributed by atoms with E-state index in [4.69, 9.17) is 9.52 Å². The Bertz CT molecular complexity index is 436. The van der Waals surface area contributed by atoms with Crippen LogP contribution in [0.15, 0.2) is 10.8 Å². The van der Waals surface area contributed by atoms with Crippen molar-refractivity contribution in [1.82, 2.24) is 9.88 Å². The van der Waals surface area contributed by atoms with Gasteiger partial charge in [0.1, 0.15) is 12.3 Å². The standard InChI is InChI=1S/C11H14N2O4/c1-2-8-10(12-6-17-8)11(16)13(5-9(14)15)7-3-4-7/h6-7H,2-5H2,1H3,(H,14,15). The Morgan fingerprint density at radius 3 is 2.82 bits per heavy atom. The van der Waals surface area contributed by atoms with Gasteiger partial charge in [-0.05, 0) is 12.8 Å². The van der Waals surface area contributed by atoms with Crippen LogP contribution < -0.4 is 0 Å². The fraction of sp³-hybridized carbons (Fsp3) is 0.545. The number of carboxylic acid groups (broad SMARTS) is 1. The topological polar surface area (TPSA) is 83.6 Å². The van der Waals surface area contributed by atoms with Crippen molar-refractivity contribution in [2.24, 2.45) is 0 Å². The van der Waals surface area contributed by atoms with Gasteiger partial charge in [0.15, 0.2) is 12.1 Å². The molecular formula is C11H14N2O4. The lowest BCUT2D eigenvalue weighted by atomic mass is 10.2. The average molecular weight is 238 g/mol. The molecule has 17 heavy (non-hydrogen) atoms. The zero-order valence-electron chi connectivity index (χ0n) is 9.55. The minimum atomic E-state index is -1.01. The van der Waals surface area contributed by atoms with E-state index in [1.54, 1.807) is 0 Å². The summed E-state index contributed by atoms with van der Waals surface area (Å²) in [4.78, 5) is 28.1. The summed E-state index contributed by atoms with van der Waals surface area (Å²) in [5.74, 6) is -0.849. The summed E-state index contributed by atoms with van der Waals surface area (Å²) < 4.78 is 5.08. The van der Waals surface area contributed by atoms with Gasteiger partial charge < -0.3 is 14.4 Å². The maximum Gasteiger partial charge on any atom is 0.323 e. The number of carbonyl (C=O) groups is 2. The summed E-state index contributed by atoms with van der Waals surface area (Å²) >= 11 is 0. The van der Waals surface area contributed by atoms with Crippen molar-refractivity contribution >= 4 is 11.9 Å². The second kappa shape index (κ2) is 4.57. The second-order valence-electron chi connectivity index (χ2n) is 4.04. The predicted octanol–water partition coefficient (Wildman–Crippen LogP) is 0.926. The Balaban J connectivity index is 2.18. The minimum Gasteiger partial charge on any atom is -0.480 e. The van der Waals surface area contributed by atoms with Crippen LogP contribution in [0.2, 0.25) is 0 Å². The molecule has 2 rings (SSSR count). The number of rotatable bonds is 5. The number of nitrogens with zero attached hydrogens (tertiary/aromatic N) is 2. The largest absolute Gasteiger partial charge is 0.480 e. The molecule has 0 atom stereocenters. The van der Waals surface area contributed by atoms with Gasteiger partial charge in [-0.25, -0.2) is 4.98 Å². The van der Waals surface area contributed by atoms with Crippen LogP contribution in [-0.2, 0) is 11.2 Å². The van der Waals surface area contributed by atoms with E-state index in [-0.39, 0.29) is 24.2 Å². The Hall–Kier alpha value is -1.85. The van der Waals surface area contributed by atoms with Crippen LogP contribution in [0.4, 0.5) is 0 Å². The molecule has 1 amide bonds. The van der Waals surface area contributed by atoms with E-state index in [9.17, 15) is 9.59 Å². The summed E-state index contributed by atoms with van der Waals surface area (Å²) in [5, 5.41) is 8.80. The van der Waals surface area contributed by atoms with E-state index < -0.39 is 5.97 Å². The molecule has 0 spiro atoms. The van der Waals surface area contributed by atoms with E-state index in [1.165, 1.54) is 11.3 Å². The Morgan fingerprint density at radius 2 is 2.29 bits per heavy atom. The number of hydrogen-bond acceptors (Lipinski definition) is 4. The number of hydrogen-bond donors (Lipinski definition) is 1. The van der Waals surface area contributed by atoms with Crippen molar-refractivity contribution in [2.45, 2.75) is 32.2 Å². The first-order valence-corrected chi connectivity index (χ1v) is 5.58. The molecule has 0 bridgehead atoms. The molecule has 0 saturated heterocycles. The molecule has 1 N–H and O–H groups in total.